The smallest absolute Gasteiger partial charge is 0.0509 e. The SMILES string of the molecule is CCN(c1cc(C)ncc1CCl)C1CCCC1. The molecule has 0 spiro atoms. The monoisotopic (exact) mass is 252 g/mol. The molecule has 2 rings (SSSR count). The molecule has 1 aliphatic rings. The summed E-state index contributed by atoms with van der Waals surface area (Å²) >= 11 is 6.03. The van der Waals surface area contributed by atoms with E-state index < -0.39 is 0 Å². The van der Waals surface area contributed by atoms with E-state index in [4.69, 9.17) is 11.6 Å². The molecule has 0 aromatic carbocycles. The van der Waals surface area contributed by atoms with Gasteiger partial charge >= 0.3 is 0 Å². The van der Waals surface area contributed by atoms with Gasteiger partial charge in [0.05, 0.1) is 5.88 Å². The number of hydrogen-bond acceptors (Lipinski definition) is 2. The van der Waals surface area contributed by atoms with Gasteiger partial charge < -0.3 is 4.90 Å². The Morgan fingerprint density at radius 3 is 2.71 bits per heavy atom. The molecule has 94 valence electrons. The van der Waals surface area contributed by atoms with Crippen molar-refractivity contribution in [3.05, 3.63) is 23.5 Å². The zero-order valence-corrected chi connectivity index (χ0v) is 11.5. The molecule has 17 heavy (non-hydrogen) atoms. The highest BCUT2D eigenvalue weighted by molar-refractivity contribution is 6.17. The summed E-state index contributed by atoms with van der Waals surface area (Å²) in [5.74, 6) is 0.547. The van der Waals surface area contributed by atoms with E-state index in [2.05, 4.69) is 22.9 Å². The molecule has 2 nitrogen and oxygen atoms in total. The molecule has 1 fully saturated rings. The Morgan fingerprint density at radius 2 is 2.12 bits per heavy atom. The quantitative estimate of drug-likeness (QED) is 0.756. The lowest BCUT2D eigenvalue weighted by molar-refractivity contribution is 0.617. The van der Waals surface area contributed by atoms with Gasteiger partial charge in [-0.15, -0.1) is 11.6 Å². The number of aryl methyl sites for hydroxylation is 1. The predicted molar refractivity (Wildman–Crippen MR) is 73.8 cm³/mol. The molecular weight excluding hydrogens is 232 g/mol. The van der Waals surface area contributed by atoms with Gasteiger partial charge in [0.2, 0.25) is 0 Å². The second-order valence-corrected chi connectivity index (χ2v) is 5.08. The van der Waals surface area contributed by atoms with E-state index in [9.17, 15) is 0 Å². The van der Waals surface area contributed by atoms with Crippen molar-refractivity contribution in [1.82, 2.24) is 4.98 Å². The maximum atomic E-state index is 6.03. The van der Waals surface area contributed by atoms with Gasteiger partial charge in [-0.3, -0.25) is 4.98 Å². The first kappa shape index (κ1) is 12.7. The molecule has 0 bridgehead atoms. The van der Waals surface area contributed by atoms with E-state index in [1.807, 2.05) is 13.1 Å². The fourth-order valence-corrected chi connectivity index (χ4v) is 2.99. The van der Waals surface area contributed by atoms with Gasteiger partial charge in [0.15, 0.2) is 0 Å². The highest BCUT2D eigenvalue weighted by Crippen LogP contribution is 2.31. The molecule has 0 saturated heterocycles. The van der Waals surface area contributed by atoms with Crippen LogP contribution in [0, 0.1) is 6.92 Å². The third-order valence-corrected chi connectivity index (χ3v) is 3.95. The molecule has 1 heterocycles. The second kappa shape index (κ2) is 5.72. The molecule has 0 atom stereocenters. The minimum Gasteiger partial charge on any atom is -0.368 e. The molecule has 0 aliphatic heterocycles. The van der Waals surface area contributed by atoms with Crippen LogP contribution in [0.2, 0.25) is 0 Å². The molecule has 1 aromatic heterocycles. The lowest BCUT2D eigenvalue weighted by atomic mass is 10.1. The summed E-state index contributed by atoms with van der Waals surface area (Å²) in [6, 6.07) is 2.88. The summed E-state index contributed by atoms with van der Waals surface area (Å²) in [7, 11) is 0. The van der Waals surface area contributed by atoms with Gasteiger partial charge in [-0.2, -0.15) is 0 Å². The number of anilines is 1. The van der Waals surface area contributed by atoms with Crippen molar-refractivity contribution in [3.63, 3.8) is 0 Å². The third kappa shape index (κ3) is 2.74. The predicted octanol–water partition coefficient (Wildman–Crippen LogP) is 3.90. The molecule has 1 aromatic rings. The lowest BCUT2D eigenvalue weighted by Gasteiger charge is -2.31. The Balaban J connectivity index is 2.31. The normalized spacial score (nSPS) is 16.4. The standard InChI is InChI=1S/C14H21ClN2/c1-3-17(13-6-4-5-7-13)14-8-11(2)16-10-12(14)9-15/h8,10,13H,3-7,9H2,1-2H3. The Hall–Kier alpha value is -0.760. The van der Waals surface area contributed by atoms with Gasteiger partial charge in [0.25, 0.3) is 0 Å². The van der Waals surface area contributed by atoms with Crippen LogP contribution in [0.25, 0.3) is 0 Å². The summed E-state index contributed by atoms with van der Waals surface area (Å²) in [6.07, 6.45) is 7.28. The lowest BCUT2D eigenvalue weighted by Crippen LogP contribution is -2.33. The van der Waals surface area contributed by atoms with Gasteiger partial charge in [-0.25, -0.2) is 0 Å². The molecule has 3 heteroatoms. The Morgan fingerprint density at radius 1 is 1.41 bits per heavy atom. The molecular formula is C14H21ClN2. The molecule has 1 saturated carbocycles. The van der Waals surface area contributed by atoms with Crippen LogP contribution in [0.4, 0.5) is 5.69 Å². The van der Waals surface area contributed by atoms with E-state index in [0.29, 0.717) is 11.9 Å². The Labute approximate surface area is 109 Å². The van der Waals surface area contributed by atoms with E-state index in [1.54, 1.807) is 0 Å². The number of hydrogen-bond donors (Lipinski definition) is 0. The number of pyridine rings is 1. The van der Waals surface area contributed by atoms with Gasteiger partial charge in [-0.1, -0.05) is 12.8 Å². The van der Waals surface area contributed by atoms with Crippen molar-refractivity contribution in [2.45, 2.75) is 51.5 Å². The van der Waals surface area contributed by atoms with Crippen molar-refractivity contribution in [1.29, 1.82) is 0 Å². The second-order valence-electron chi connectivity index (χ2n) is 4.81. The average Bonchev–Trinajstić information content (AvgIpc) is 2.84. The average molecular weight is 253 g/mol. The number of aromatic nitrogens is 1. The maximum Gasteiger partial charge on any atom is 0.0509 e. The minimum absolute atomic E-state index is 0.547. The summed E-state index contributed by atoms with van der Waals surface area (Å²) in [4.78, 5) is 6.86. The zero-order valence-electron chi connectivity index (χ0n) is 10.7. The topological polar surface area (TPSA) is 16.1 Å². The molecule has 0 N–H and O–H groups in total. The van der Waals surface area contributed by atoms with E-state index in [-0.39, 0.29) is 0 Å². The van der Waals surface area contributed by atoms with Crippen molar-refractivity contribution >= 4 is 17.3 Å². The highest BCUT2D eigenvalue weighted by Gasteiger charge is 2.23. The minimum atomic E-state index is 0.547. The van der Waals surface area contributed by atoms with Gasteiger partial charge in [-0.05, 0) is 32.8 Å². The fourth-order valence-electron chi connectivity index (χ4n) is 2.79. The van der Waals surface area contributed by atoms with Crippen LogP contribution in [0.3, 0.4) is 0 Å². The van der Waals surface area contributed by atoms with E-state index in [0.717, 1.165) is 17.8 Å². The van der Waals surface area contributed by atoms with Crippen LogP contribution in [-0.2, 0) is 5.88 Å². The maximum absolute atomic E-state index is 6.03. The third-order valence-electron chi connectivity index (χ3n) is 3.66. The summed E-state index contributed by atoms with van der Waals surface area (Å²) in [6.45, 7) is 5.33. The van der Waals surface area contributed by atoms with Crippen LogP contribution >= 0.6 is 11.6 Å². The first-order chi connectivity index (χ1) is 8.26. The van der Waals surface area contributed by atoms with Crippen molar-refractivity contribution < 1.29 is 0 Å². The Kier molecular flexibility index (Phi) is 4.27. The zero-order chi connectivity index (χ0) is 12.3. The van der Waals surface area contributed by atoms with E-state index >= 15 is 0 Å². The van der Waals surface area contributed by atoms with Crippen LogP contribution in [0.5, 0.6) is 0 Å². The van der Waals surface area contributed by atoms with Gasteiger partial charge in [0, 0.05) is 35.7 Å². The largest absolute Gasteiger partial charge is 0.368 e. The van der Waals surface area contributed by atoms with E-state index in [1.165, 1.54) is 31.4 Å². The number of rotatable bonds is 4. The van der Waals surface area contributed by atoms with Crippen LogP contribution in [0.15, 0.2) is 12.3 Å². The number of alkyl halides is 1. The van der Waals surface area contributed by atoms with Crippen molar-refractivity contribution in [2.75, 3.05) is 11.4 Å². The molecule has 0 unspecified atom stereocenters. The fraction of sp³-hybridized carbons (Fsp3) is 0.643. The number of nitrogens with zero attached hydrogens (tertiary/aromatic N) is 2. The van der Waals surface area contributed by atoms with Crippen molar-refractivity contribution in [2.24, 2.45) is 0 Å². The summed E-state index contributed by atoms with van der Waals surface area (Å²) < 4.78 is 0. The highest BCUT2D eigenvalue weighted by atomic mass is 35.5. The molecule has 0 amide bonds. The summed E-state index contributed by atoms with van der Waals surface area (Å²) in [5, 5.41) is 0. The molecule has 1 aliphatic carbocycles. The van der Waals surface area contributed by atoms with Crippen LogP contribution in [-0.4, -0.2) is 17.6 Å². The van der Waals surface area contributed by atoms with Crippen LogP contribution < -0.4 is 4.90 Å². The summed E-state index contributed by atoms with van der Waals surface area (Å²) in [5.41, 5.74) is 3.53. The van der Waals surface area contributed by atoms with Crippen molar-refractivity contribution in [3.8, 4) is 0 Å². The molecule has 0 radical (unpaired) electrons. The van der Waals surface area contributed by atoms with Gasteiger partial charge in [0.1, 0.15) is 0 Å². The van der Waals surface area contributed by atoms with Crippen LogP contribution in [0.1, 0.15) is 43.9 Å². The first-order valence-corrected chi connectivity index (χ1v) is 7.07. The number of halogens is 1. The Bertz CT molecular complexity index is 372. The first-order valence-electron chi connectivity index (χ1n) is 6.54.